The summed E-state index contributed by atoms with van der Waals surface area (Å²) in [5.74, 6) is -0.503. The second kappa shape index (κ2) is 7.70. The molecule has 3 nitrogen and oxygen atoms in total. The Morgan fingerprint density at radius 1 is 1.29 bits per heavy atom. The molecule has 1 aliphatic carbocycles. The van der Waals surface area contributed by atoms with E-state index in [0.717, 1.165) is 38.7 Å². The van der Waals surface area contributed by atoms with Crippen LogP contribution in [0.25, 0.3) is 0 Å². The maximum Gasteiger partial charge on any atom is 0.306 e. The highest BCUT2D eigenvalue weighted by atomic mass is 16.5. The van der Waals surface area contributed by atoms with Crippen molar-refractivity contribution in [3.8, 4) is 0 Å². The van der Waals surface area contributed by atoms with Crippen molar-refractivity contribution >= 4 is 5.97 Å². The smallest absolute Gasteiger partial charge is 0.306 e. The van der Waals surface area contributed by atoms with Gasteiger partial charge in [0.15, 0.2) is 0 Å². The van der Waals surface area contributed by atoms with Crippen molar-refractivity contribution in [3.63, 3.8) is 0 Å². The highest BCUT2D eigenvalue weighted by molar-refractivity contribution is 5.69. The number of unbranched alkanes of at least 4 members (excludes halogenated alkanes) is 2. The zero-order valence-corrected chi connectivity index (χ0v) is 11.2. The van der Waals surface area contributed by atoms with Crippen LogP contribution in [0.4, 0.5) is 0 Å². The monoisotopic (exact) mass is 242 g/mol. The maximum absolute atomic E-state index is 10.9. The van der Waals surface area contributed by atoms with Gasteiger partial charge in [0.05, 0.1) is 12.0 Å². The van der Waals surface area contributed by atoms with Gasteiger partial charge < -0.3 is 9.84 Å². The van der Waals surface area contributed by atoms with E-state index in [0.29, 0.717) is 12.0 Å². The fourth-order valence-corrected chi connectivity index (χ4v) is 2.56. The lowest BCUT2D eigenvalue weighted by atomic mass is 9.80. The van der Waals surface area contributed by atoms with Crippen LogP contribution in [0.15, 0.2) is 0 Å². The molecule has 0 aromatic heterocycles. The largest absolute Gasteiger partial charge is 0.481 e. The molecule has 0 amide bonds. The zero-order chi connectivity index (χ0) is 12.7. The summed E-state index contributed by atoms with van der Waals surface area (Å²) in [6, 6.07) is 0. The highest BCUT2D eigenvalue weighted by Gasteiger charge is 2.28. The lowest BCUT2D eigenvalue weighted by Crippen LogP contribution is -2.28. The average Bonchev–Trinajstić information content (AvgIpc) is 2.34. The minimum absolute atomic E-state index is 0.198. The Hall–Kier alpha value is -0.570. The minimum atomic E-state index is -0.655. The van der Waals surface area contributed by atoms with Crippen LogP contribution in [0.1, 0.15) is 58.8 Å². The normalized spacial score (nSPS) is 26.7. The summed E-state index contributed by atoms with van der Waals surface area (Å²) in [5, 5.41) is 8.97. The molecule has 0 aliphatic heterocycles. The second-order valence-corrected chi connectivity index (χ2v) is 5.24. The third kappa shape index (κ3) is 5.07. The Kier molecular flexibility index (Phi) is 6.56. The molecule has 1 aliphatic rings. The average molecular weight is 242 g/mol. The van der Waals surface area contributed by atoms with Crippen molar-refractivity contribution in [1.82, 2.24) is 0 Å². The lowest BCUT2D eigenvalue weighted by Gasteiger charge is -2.30. The fraction of sp³-hybridized carbons (Fsp3) is 0.929. The molecule has 0 saturated heterocycles. The summed E-state index contributed by atoms with van der Waals surface area (Å²) < 4.78 is 5.83. The maximum atomic E-state index is 10.9. The standard InChI is InChI=1S/C14H26O3/c1-3-4-5-10-17-13-8-6-12(7-9-13)11(2)14(15)16/h11-13H,3-10H2,1-2H3,(H,15,16). The topological polar surface area (TPSA) is 46.5 Å². The van der Waals surface area contributed by atoms with E-state index in [1.165, 1.54) is 12.8 Å². The van der Waals surface area contributed by atoms with Crippen LogP contribution in [-0.2, 0) is 9.53 Å². The van der Waals surface area contributed by atoms with Gasteiger partial charge >= 0.3 is 5.97 Å². The van der Waals surface area contributed by atoms with E-state index in [9.17, 15) is 4.79 Å². The number of hydrogen-bond donors (Lipinski definition) is 1. The van der Waals surface area contributed by atoms with Crippen molar-refractivity contribution in [1.29, 1.82) is 0 Å². The minimum Gasteiger partial charge on any atom is -0.481 e. The number of carboxylic acids is 1. The first-order valence-corrected chi connectivity index (χ1v) is 6.99. The number of aliphatic carboxylic acids is 1. The van der Waals surface area contributed by atoms with Gasteiger partial charge in [-0.1, -0.05) is 26.7 Å². The summed E-state index contributed by atoms with van der Waals surface area (Å²) in [5.41, 5.74) is 0. The van der Waals surface area contributed by atoms with Gasteiger partial charge in [0.1, 0.15) is 0 Å². The van der Waals surface area contributed by atoms with Gasteiger partial charge in [0.25, 0.3) is 0 Å². The molecule has 1 rings (SSSR count). The summed E-state index contributed by atoms with van der Waals surface area (Å²) in [6.45, 7) is 4.89. The fourth-order valence-electron chi connectivity index (χ4n) is 2.56. The van der Waals surface area contributed by atoms with Crippen LogP contribution >= 0.6 is 0 Å². The molecule has 1 fully saturated rings. The van der Waals surface area contributed by atoms with Crippen LogP contribution in [0.5, 0.6) is 0 Å². The molecule has 0 bridgehead atoms. The first kappa shape index (κ1) is 14.5. The summed E-state index contributed by atoms with van der Waals surface area (Å²) >= 11 is 0. The third-order valence-electron chi connectivity index (χ3n) is 3.92. The molecular formula is C14H26O3. The molecule has 0 spiro atoms. The number of carboxylic acid groups (broad SMARTS) is 1. The molecule has 17 heavy (non-hydrogen) atoms. The Balaban J connectivity index is 2.15. The van der Waals surface area contributed by atoms with Crippen molar-refractivity contribution < 1.29 is 14.6 Å². The third-order valence-corrected chi connectivity index (χ3v) is 3.92. The van der Waals surface area contributed by atoms with E-state index in [1.807, 2.05) is 6.92 Å². The van der Waals surface area contributed by atoms with Crippen molar-refractivity contribution in [2.24, 2.45) is 11.8 Å². The molecule has 1 atom stereocenters. The molecular weight excluding hydrogens is 216 g/mol. The van der Waals surface area contributed by atoms with Crippen molar-refractivity contribution in [3.05, 3.63) is 0 Å². The molecule has 1 unspecified atom stereocenters. The van der Waals surface area contributed by atoms with Crippen molar-refractivity contribution in [2.45, 2.75) is 64.9 Å². The first-order valence-electron chi connectivity index (χ1n) is 6.99. The zero-order valence-electron chi connectivity index (χ0n) is 11.2. The molecule has 3 heteroatoms. The van der Waals surface area contributed by atoms with Crippen LogP contribution < -0.4 is 0 Å². The number of ether oxygens (including phenoxy) is 1. The van der Waals surface area contributed by atoms with Gasteiger partial charge in [0.2, 0.25) is 0 Å². The van der Waals surface area contributed by atoms with E-state index >= 15 is 0 Å². The van der Waals surface area contributed by atoms with E-state index in [-0.39, 0.29) is 5.92 Å². The van der Waals surface area contributed by atoms with Gasteiger partial charge in [-0.15, -0.1) is 0 Å². The second-order valence-electron chi connectivity index (χ2n) is 5.24. The molecule has 0 heterocycles. The Labute approximate surface area is 105 Å². The van der Waals surface area contributed by atoms with E-state index in [4.69, 9.17) is 9.84 Å². The van der Waals surface area contributed by atoms with Gasteiger partial charge in [-0.25, -0.2) is 0 Å². The van der Waals surface area contributed by atoms with Crippen LogP contribution in [-0.4, -0.2) is 23.8 Å². The summed E-state index contributed by atoms with van der Waals surface area (Å²) in [4.78, 5) is 10.9. The number of hydrogen-bond acceptors (Lipinski definition) is 2. The Morgan fingerprint density at radius 2 is 1.94 bits per heavy atom. The Bertz CT molecular complexity index is 220. The van der Waals surface area contributed by atoms with Crippen LogP contribution in [0.2, 0.25) is 0 Å². The van der Waals surface area contributed by atoms with Crippen molar-refractivity contribution in [2.75, 3.05) is 6.61 Å². The first-order chi connectivity index (χ1) is 8.15. The van der Waals surface area contributed by atoms with Gasteiger partial charge in [-0.3, -0.25) is 4.79 Å². The van der Waals surface area contributed by atoms with Crippen LogP contribution in [0, 0.1) is 11.8 Å². The lowest BCUT2D eigenvalue weighted by molar-refractivity contribution is -0.143. The SMILES string of the molecule is CCCCCOC1CCC(C(C)C(=O)O)CC1. The molecule has 0 radical (unpaired) electrons. The summed E-state index contributed by atoms with van der Waals surface area (Å²) in [7, 11) is 0. The van der Waals surface area contributed by atoms with E-state index in [2.05, 4.69) is 6.92 Å². The van der Waals surface area contributed by atoms with E-state index < -0.39 is 5.97 Å². The predicted molar refractivity (Wildman–Crippen MR) is 68.0 cm³/mol. The van der Waals surface area contributed by atoms with Gasteiger partial charge in [-0.2, -0.15) is 0 Å². The molecule has 0 aromatic carbocycles. The molecule has 1 N–H and O–H groups in total. The Morgan fingerprint density at radius 3 is 2.47 bits per heavy atom. The number of rotatable bonds is 7. The van der Waals surface area contributed by atoms with Gasteiger partial charge in [0, 0.05) is 6.61 Å². The van der Waals surface area contributed by atoms with E-state index in [1.54, 1.807) is 0 Å². The molecule has 100 valence electrons. The number of carbonyl (C=O) groups is 1. The summed E-state index contributed by atoms with van der Waals surface area (Å²) in [6.07, 6.45) is 8.09. The van der Waals surface area contributed by atoms with Gasteiger partial charge in [-0.05, 0) is 38.0 Å². The highest BCUT2D eigenvalue weighted by Crippen LogP contribution is 2.31. The molecule has 0 aromatic rings. The van der Waals surface area contributed by atoms with Crippen LogP contribution in [0.3, 0.4) is 0 Å². The predicted octanol–water partition coefficient (Wildman–Crippen LogP) is 3.47. The quantitative estimate of drug-likeness (QED) is 0.695. The molecule has 1 saturated carbocycles.